The van der Waals surface area contributed by atoms with E-state index in [9.17, 15) is 31.1 Å². The number of esters is 1. The van der Waals surface area contributed by atoms with Gasteiger partial charge in [0.25, 0.3) is 6.10 Å². The second kappa shape index (κ2) is 4.05. The monoisotopic (exact) mass is 223 g/mol. The molecule has 0 saturated carbocycles. The van der Waals surface area contributed by atoms with Crippen molar-refractivity contribution in [3.8, 4) is 0 Å². The predicted octanol–water partition coefficient (Wildman–Crippen LogP) is 2.25. The molecule has 0 rings (SSSR count). The summed E-state index contributed by atoms with van der Waals surface area (Å²) in [5, 5.41) is 0. The maximum absolute atomic E-state index is 11.7. The van der Waals surface area contributed by atoms with Crippen LogP contribution in [0.3, 0.4) is 0 Å². The summed E-state index contributed by atoms with van der Waals surface area (Å²) < 4.78 is 73.4. The van der Waals surface area contributed by atoms with Crippen LogP contribution in [-0.2, 0) is 9.53 Å². The Labute approximate surface area is 74.8 Å². The molecule has 0 fully saturated rings. The quantitative estimate of drug-likeness (QED) is 0.530. The summed E-state index contributed by atoms with van der Waals surface area (Å²) in [6, 6.07) is 0. The van der Waals surface area contributed by atoms with Crippen molar-refractivity contribution >= 4 is 5.97 Å². The number of rotatable bonds is 2. The molecule has 0 N–H and O–H groups in total. The van der Waals surface area contributed by atoms with Crippen LogP contribution in [-0.4, -0.2) is 24.4 Å². The lowest BCUT2D eigenvalue weighted by Crippen LogP contribution is -2.45. The van der Waals surface area contributed by atoms with Crippen molar-refractivity contribution in [1.29, 1.82) is 0 Å². The van der Waals surface area contributed by atoms with Gasteiger partial charge in [-0.3, -0.25) is 4.79 Å². The Balaban J connectivity index is 4.68. The highest BCUT2D eigenvalue weighted by molar-refractivity contribution is 5.78. The van der Waals surface area contributed by atoms with Gasteiger partial charge in [0.15, 0.2) is 0 Å². The van der Waals surface area contributed by atoms with E-state index >= 15 is 0 Å². The van der Waals surface area contributed by atoms with Crippen LogP contribution in [0.5, 0.6) is 0 Å². The predicted molar refractivity (Wildman–Crippen MR) is 32.0 cm³/mol. The third kappa shape index (κ3) is 3.84. The van der Waals surface area contributed by atoms with E-state index in [-0.39, 0.29) is 0 Å². The Kier molecular flexibility index (Phi) is 3.78. The highest BCUT2D eigenvalue weighted by atomic mass is 19.4. The molecule has 8 heteroatoms. The minimum Gasteiger partial charge on any atom is -0.443 e. The Morgan fingerprint density at radius 3 is 1.71 bits per heavy atom. The molecule has 0 aromatic carbocycles. The molecule has 14 heavy (non-hydrogen) atoms. The Morgan fingerprint density at radius 2 is 1.50 bits per heavy atom. The minimum absolute atomic E-state index is 0.463. The molecule has 0 aliphatic rings. The smallest absolute Gasteiger partial charge is 0.434 e. The molecule has 0 aromatic rings. The zero-order chi connectivity index (χ0) is 11.6. The van der Waals surface area contributed by atoms with Gasteiger partial charge in [0.2, 0.25) is 0 Å². The molecule has 83 valence electrons. The molecule has 0 heterocycles. The van der Waals surface area contributed by atoms with Crippen LogP contribution in [0, 0.1) is 6.42 Å². The van der Waals surface area contributed by atoms with E-state index in [2.05, 4.69) is 4.74 Å². The number of carbonyl (C=O) groups is 1. The fourth-order valence-electron chi connectivity index (χ4n) is 0.503. The second-order valence-corrected chi connectivity index (χ2v) is 2.19. The molecule has 1 radical (unpaired) electrons. The van der Waals surface area contributed by atoms with E-state index in [4.69, 9.17) is 0 Å². The lowest BCUT2D eigenvalue weighted by molar-refractivity contribution is -0.312. The summed E-state index contributed by atoms with van der Waals surface area (Å²) in [5.41, 5.74) is 0. The normalized spacial score (nSPS) is 13.1. The molecule has 0 unspecified atom stereocenters. The van der Waals surface area contributed by atoms with E-state index in [1.165, 1.54) is 0 Å². The van der Waals surface area contributed by atoms with Gasteiger partial charge in [-0.1, -0.05) is 6.92 Å². The number of hydrogen-bond acceptors (Lipinski definition) is 2. The molecule has 0 aromatic heterocycles. The lowest BCUT2D eigenvalue weighted by atomic mass is 10.3. The summed E-state index contributed by atoms with van der Waals surface area (Å²) >= 11 is 0. The van der Waals surface area contributed by atoms with E-state index in [0.717, 1.165) is 6.92 Å². The van der Waals surface area contributed by atoms with E-state index in [1.54, 1.807) is 0 Å². The van der Waals surface area contributed by atoms with Crippen LogP contribution in [0.15, 0.2) is 0 Å². The zero-order valence-electron chi connectivity index (χ0n) is 6.74. The molecule has 0 bridgehead atoms. The number of halogens is 6. The first-order chi connectivity index (χ1) is 6.09. The van der Waals surface area contributed by atoms with Crippen LogP contribution >= 0.6 is 0 Å². The average Bonchev–Trinajstić information content (AvgIpc) is 1.95. The molecule has 0 saturated heterocycles. The molecular formula is C6H5F6O2. The van der Waals surface area contributed by atoms with Crippen LogP contribution in [0.25, 0.3) is 0 Å². The Hall–Kier alpha value is -0.950. The molecule has 2 nitrogen and oxygen atoms in total. The van der Waals surface area contributed by atoms with Gasteiger partial charge in [0.1, 0.15) is 0 Å². The van der Waals surface area contributed by atoms with E-state index in [0.29, 0.717) is 6.42 Å². The van der Waals surface area contributed by atoms with Crippen molar-refractivity contribution in [2.45, 2.75) is 25.4 Å². The number of ether oxygens (including phenoxy) is 1. The first kappa shape index (κ1) is 13.0. The van der Waals surface area contributed by atoms with E-state index in [1.807, 2.05) is 0 Å². The number of carbonyl (C=O) groups excluding carboxylic acids is 1. The SMILES string of the molecule is C[CH]C(=O)OC(C(F)(F)F)C(F)(F)F. The summed E-state index contributed by atoms with van der Waals surface area (Å²) in [5.74, 6) is -1.68. The largest absolute Gasteiger partial charge is 0.443 e. The third-order valence-corrected chi connectivity index (χ3v) is 1.06. The van der Waals surface area contributed by atoms with Crippen molar-refractivity contribution in [2.75, 3.05) is 0 Å². The highest BCUT2D eigenvalue weighted by Crippen LogP contribution is 2.35. The van der Waals surface area contributed by atoms with Crippen LogP contribution < -0.4 is 0 Å². The van der Waals surface area contributed by atoms with Crippen LogP contribution in [0.2, 0.25) is 0 Å². The van der Waals surface area contributed by atoms with Crippen molar-refractivity contribution in [3.05, 3.63) is 6.42 Å². The summed E-state index contributed by atoms with van der Waals surface area (Å²) in [6.45, 7) is 0.964. The number of hydrogen-bond donors (Lipinski definition) is 0. The minimum atomic E-state index is -5.66. The fourth-order valence-corrected chi connectivity index (χ4v) is 0.503. The Morgan fingerprint density at radius 1 is 1.14 bits per heavy atom. The lowest BCUT2D eigenvalue weighted by Gasteiger charge is -2.22. The van der Waals surface area contributed by atoms with Crippen molar-refractivity contribution in [1.82, 2.24) is 0 Å². The molecule has 0 aliphatic carbocycles. The standard InChI is InChI=1S/C6H5F6O2/c1-2-3(13)14-4(5(7,8)9)6(10,11)12/h2,4H,1H3. The van der Waals surface area contributed by atoms with Gasteiger partial charge in [0.05, 0.1) is 6.42 Å². The van der Waals surface area contributed by atoms with Crippen molar-refractivity contribution in [2.24, 2.45) is 0 Å². The maximum atomic E-state index is 11.7. The third-order valence-electron chi connectivity index (χ3n) is 1.06. The molecular weight excluding hydrogens is 218 g/mol. The average molecular weight is 223 g/mol. The molecule has 0 aliphatic heterocycles. The molecule has 0 amide bonds. The van der Waals surface area contributed by atoms with Gasteiger partial charge in [-0.2, -0.15) is 26.3 Å². The Bertz CT molecular complexity index is 191. The van der Waals surface area contributed by atoms with Gasteiger partial charge >= 0.3 is 18.3 Å². The molecule has 0 spiro atoms. The van der Waals surface area contributed by atoms with Gasteiger partial charge in [-0.05, 0) is 0 Å². The van der Waals surface area contributed by atoms with Gasteiger partial charge in [-0.25, -0.2) is 0 Å². The summed E-state index contributed by atoms with van der Waals surface area (Å²) in [6.07, 6.45) is -14.9. The van der Waals surface area contributed by atoms with E-state index < -0.39 is 24.4 Å². The molecule has 0 atom stereocenters. The first-order valence-corrected chi connectivity index (χ1v) is 3.22. The fraction of sp³-hybridized carbons (Fsp3) is 0.667. The highest BCUT2D eigenvalue weighted by Gasteiger charge is 2.59. The van der Waals surface area contributed by atoms with Gasteiger partial charge in [0, 0.05) is 0 Å². The first-order valence-electron chi connectivity index (χ1n) is 3.22. The maximum Gasteiger partial charge on any atom is 0.434 e. The summed E-state index contributed by atoms with van der Waals surface area (Å²) in [4.78, 5) is 10.2. The van der Waals surface area contributed by atoms with Crippen LogP contribution in [0.1, 0.15) is 6.92 Å². The number of alkyl halides is 6. The van der Waals surface area contributed by atoms with Crippen LogP contribution in [0.4, 0.5) is 26.3 Å². The van der Waals surface area contributed by atoms with Crippen molar-refractivity contribution in [3.63, 3.8) is 0 Å². The topological polar surface area (TPSA) is 26.3 Å². The summed E-state index contributed by atoms with van der Waals surface area (Å²) in [7, 11) is 0. The van der Waals surface area contributed by atoms with Gasteiger partial charge in [-0.15, -0.1) is 0 Å². The van der Waals surface area contributed by atoms with Crippen molar-refractivity contribution < 1.29 is 35.9 Å². The zero-order valence-corrected chi connectivity index (χ0v) is 6.74. The second-order valence-electron chi connectivity index (χ2n) is 2.19. The van der Waals surface area contributed by atoms with Gasteiger partial charge < -0.3 is 4.74 Å².